The molecule has 1 unspecified atom stereocenters. The maximum Gasteiger partial charge on any atom is 0.344 e. The molecule has 0 spiro atoms. The van der Waals surface area contributed by atoms with Crippen LogP contribution < -0.4 is 14.4 Å². The third kappa shape index (κ3) is 6.12. The summed E-state index contributed by atoms with van der Waals surface area (Å²) in [6, 6.07) is 17.6. The molecule has 1 amide bonds. The van der Waals surface area contributed by atoms with E-state index >= 15 is 0 Å². The summed E-state index contributed by atoms with van der Waals surface area (Å²) in [6.45, 7) is 0.993. The second-order valence-corrected chi connectivity index (χ2v) is 10.1. The molecule has 0 aliphatic rings. The van der Waals surface area contributed by atoms with E-state index in [1.807, 2.05) is 6.07 Å². The van der Waals surface area contributed by atoms with Crippen molar-refractivity contribution in [3.8, 4) is 11.8 Å². The number of thiophene rings is 1. The molecule has 1 atom stereocenters. The molecule has 34 heavy (non-hydrogen) atoms. The van der Waals surface area contributed by atoms with E-state index in [0.29, 0.717) is 22.7 Å². The predicted molar refractivity (Wildman–Crippen MR) is 127 cm³/mol. The summed E-state index contributed by atoms with van der Waals surface area (Å²) in [7, 11) is -2.20. The summed E-state index contributed by atoms with van der Waals surface area (Å²) in [6.07, 6.45) is -1.06. The maximum atomic E-state index is 12.6. The van der Waals surface area contributed by atoms with Crippen LogP contribution in [0.15, 0.2) is 70.3 Å². The largest absolute Gasteiger partial charge is 0.482 e. The molecule has 1 heterocycles. The molecule has 2 aromatic carbocycles. The predicted octanol–water partition coefficient (Wildman–Crippen LogP) is 3.39. The van der Waals surface area contributed by atoms with Gasteiger partial charge < -0.3 is 14.8 Å². The van der Waals surface area contributed by atoms with Crippen molar-refractivity contribution in [3.05, 3.63) is 71.6 Å². The van der Waals surface area contributed by atoms with E-state index in [-0.39, 0.29) is 4.21 Å². The summed E-state index contributed by atoms with van der Waals surface area (Å²) < 4.78 is 37.0. The number of sulfonamides is 1. The van der Waals surface area contributed by atoms with Gasteiger partial charge in [-0.25, -0.2) is 13.2 Å². The van der Waals surface area contributed by atoms with Gasteiger partial charge in [0, 0.05) is 12.7 Å². The molecule has 1 N–H and O–H groups in total. The Labute approximate surface area is 201 Å². The number of hydrogen-bond donors (Lipinski definition) is 1. The highest BCUT2D eigenvalue weighted by atomic mass is 32.2. The minimum Gasteiger partial charge on any atom is -0.482 e. The third-order valence-corrected chi connectivity index (χ3v) is 7.78. The topological polar surface area (TPSA) is 126 Å². The first kappa shape index (κ1) is 24.8. The van der Waals surface area contributed by atoms with Crippen molar-refractivity contribution in [1.29, 1.82) is 5.26 Å². The second-order valence-electron chi connectivity index (χ2n) is 7.00. The van der Waals surface area contributed by atoms with E-state index in [2.05, 4.69) is 5.32 Å². The van der Waals surface area contributed by atoms with Crippen LogP contribution in [0.3, 0.4) is 0 Å². The Morgan fingerprint density at radius 1 is 1.12 bits per heavy atom. The maximum absolute atomic E-state index is 12.6. The van der Waals surface area contributed by atoms with Crippen molar-refractivity contribution in [2.45, 2.75) is 17.2 Å². The number of ether oxygens (including phenoxy) is 2. The van der Waals surface area contributed by atoms with E-state index in [1.165, 1.54) is 32.2 Å². The third-order valence-electron chi connectivity index (χ3n) is 4.63. The number of benzene rings is 2. The van der Waals surface area contributed by atoms with Gasteiger partial charge >= 0.3 is 5.97 Å². The number of anilines is 2. The van der Waals surface area contributed by atoms with Crippen molar-refractivity contribution in [3.63, 3.8) is 0 Å². The van der Waals surface area contributed by atoms with Gasteiger partial charge in [-0.2, -0.15) is 5.26 Å². The van der Waals surface area contributed by atoms with E-state index in [1.54, 1.807) is 47.8 Å². The fraction of sp³-hybridized carbons (Fsp3) is 0.174. The van der Waals surface area contributed by atoms with Gasteiger partial charge in [-0.15, -0.1) is 11.3 Å². The first-order valence-corrected chi connectivity index (χ1v) is 12.3. The minimum absolute atomic E-state index is 0.232. The molecule has 0 saturated carbocycles. The van der Waals surface area contributed by atoms with Gasteiger partial charge in [-0.05, 0) is 66.9 Å². The first-order chi connectivity index (χ1) is 16.2. The highest BCUT2D eigenvalue weighted by Crippen LogP contribution is 2.26. The van der Waals surface area contributed by atoms with Gasteiger partial charge in [0.1, 0.15) is 9.96 Å². The van der Waals surface area contributed by atoms with E-state index < -0.39 is 34.6 Å². The molecule has 0 aliphatic heterocycles. The molecule has 9 nitrogen and oxygen atoms in total. The second kappa shape index (κ2) is 10.8. The number of carbonyl (C=O) groups is 2. The van der Waals surface area contributed by atoms with Crippen molar-refractivity contribution in [2.24, 2.45) is 0 Å². The Balaban J connectivity index is 1.49. The Morgan fingerprint density at radius 3 is 2.38 bits per heavy atom. The molecule has 0 bridgehead atoms. The number of hydrogen-bond acceptors (Lipinski definition) is 8. The zero-order valence-electron chi connectivity index (χ0n) is 18.3. The van der Waals surface area contributed by atoms with Crippen LogP contribution in [0.4, 0.5) is 11.4 Å². The summed E-state index contributed by atoms with van der Waals surface area (Å²) in [5.74, 6) is -0.946. The summed E-state index contributed by atoms with van der Waals surface area (Å²) >= 11 is 1.13. The highest BCUT2D eigenvalue weighted by molar-refractivity contribution is 7.94. The van der Waals surface area contributed by atoms with Gasteiger partial charge in [0.2, 0.25) is 0 Å². The number of rotatable bonds is 9. The lowest BCUT2D eigenvalue weighted by molar-refractivity contribution is -0.155. The first-order valence-electron chi connectivity index (χ1n) is 9.96. The number of amides is 1. The van der Waals surface area contributed by atoms with Gasteiger partial charge in [0.25, 0.3) is 15.9 Å². The van der Waals surface area contributed by atoms with Crippen molar-refractivity contribution in [2.75, 3.05) is 23.3 Å². The van der Waals surface area contributed by atoms with Gasteiger partial charge in [-0.1, -0.05) is 6.07 Å². The molecule has 3 aromatic rings. The Bertz CT molecular complexity index is 1280. The van der Waals surface area contributed by atoms with Crippen molar-refractivity contribution >= 4 is 44.6 Å². The average Bonchev–Trinajstić information content (AvgIpc) is 3.39. The van der Waals surface area contributed by atoms with E-state index in [4.69, 9.17) is 14.7 Å². The average molecular weight is 500 g/mol. The van der Waals surface area contributed by atoms with Crippen molar-refractivity contribution < 1.29 is 27.5 Å². The quantitative estimate of drug-likeness (QED) is 0.447. The summed E-state index contributed by atoms with van der Waals surface area (Å²) in [5.41, 5.74) is 1.35. The van der Waals surface area contributed by atoms with Crippen LogP contribution >= 0.6 is 11.3 Å². The van der Waals surface area contributed by atoms with Crippen molar-refractivity contribution in [1.82, 2.24) is 0 Å². The minimum atomic E-state index is -3.65. The molecular formula is C23H21N3O6S2. The van der Waals surface area contributed by atoms with Crippen LogP contribution in [0.25, 0.3) is 0 Å². The molecule has 176 valence electrons. The van der Waals surface area contributed by atoms with Gasteiger partial charge in [-0.3, -0.25) is 9.10 Å². The van der Waals surface area contributed by atoms with E-state index in [0.717, 1.165) is 15.6 Å². The molecule has 1 aromatic heterocycles. The Morgan fingerprint density at radius 2 is 1.79 bits per heavy atom. The molecule has 0 aliphatic carbocycles. The highest BCUT2D eigenvalue weighted by Gasteiger charge is 2.22. The van der Waals surface area contributed by atoms with Crippen LogP contribution in [0.2, 0.25) is 0 Å². The fourth-order valence-electron chi connectivity index (χ4n) is 2.74. The zero-order chi connectivity index (χ0) is 24.7. The number of nitriles is 1. The number of nitrogens with one attached hydrogen (secondary N) is 1. The molecule has 11 heteroatoms. The molecule has 0 fully saturated rings. The van der Waals surface area contributed by atoms with Crippen LogP contribution in [0, 0.1) is 11.3 Å². The number of carbonyl (C=O) groups excluding carboxylic acids is 2. The number of nitrogens with zero attached hydrogens (tertiary/aromatic N) is 2. The normalized spacial score (nSPS) is 11.7. The molecule has 0 saturated heterocycles. The Hall–Kier alpha value is -3.88. The number of esters is 1. The SMILES string of the molecule is CC(OC(=O)COc1ccc(N(C)S(=O)(=O)c2cccs2)cc1)C(=O)Nc1ccc(C#N)cc1. The zero-order valence-corrected chi connectivity index (χ0v) is 19.9. The van der Waals surface area contributed by atoms with Crippen LogP contribution in [-0.2, 0) is 24.3 Å². The lowest BCUT2D eigenvalue weighted by atomic mass is 10.2. The van der Waals surface area contributed by atoms with Crippen LogP contribution in [0.1, 0.15) is 12.5 Å². The standard InChI is InChI=1S/C23H21N3O6S2/c1-16(23(28)25-18-7-5-17(14-24)6-8-18)32-21(27)15-31-20-11-9-19(10-12-20)26(2)34(29,30)22-4-3-13-33-22/h3-13,16H,15H2,1-2H3,(H,25,28). The van der Waals surface area contributed by atoms with Crippen LogP contribution in [0.5, 0.6) is 5.75 Å². The summed E-state index contributed by atoms with van der Waals surface area (Å²) in [5, 5.41) is 13.1. The van der Waals surface area contributed by atoms with Crippen LogP contribution in [-0.4, -0.2) is 40.1 Å². The fourth-order valence-corrected chi connectivity index (χ4v) is 5.09. The molecular weight excluding hydrogens is 478 g/mol. The van der Waals surface area contributed by atoms with E-state index in [9.17, 15) is 18.0 Å². The molecule has 0 radical (unpaired) electrons. The lowest BCUT2D eigenvalue weighted by Crippen LogP contribution is -2.31. The molecule has 3 rings (SSSR count). The summed E-state index contributed by atoms with van der Waals surface area (Å²) in [4.78, 5) is 24.3. The monoisotopic (exact) mass is 499 g/mol. The lowest BCUT2D eigenvalue weighted by Gasteiger charge is -2.18. The van der Waals surface area contributed by atoms with Gasteiger partial charge in [0.15, 0.2) is 12.7 Å². The van der Waals surface area contributed by atoms with Gasteiger partial charge in [0.05, 0.1) is 17.3 Å². The smallest absolute Gasteiger partial charge is 0.344 e. The Kier molecular flexibility index (Phi) is 7.88.